The van der Waals surface area contributed by atoms with Gasteiger partial charge in [-0.3, -0.25) is 0 Å². The number of rotatable bonds is 6. The number of benzene rings is 2. The molecule has 2 aromatic carbocycles. The van der Waals surface area contributed by atoms with Crippen LogP contribution in [0.5, 0.6) is 5.75 Å². The van der Waals surface area contributed by atoms with Crippen LogP contribution < -0.4 is 9.64 Å². The molecule has 1 saturated heterocycles. The van der Waals surface area contributed by atoms with Crippen molar-refractivity contribution in [1.82, 2.24) is 4.90 Å². The van der Waals surface area contributed by atoms with Gasteiger partial charge in [0.25, 0.3) is 5.91 Å². The van der Waals surface area contributed by atoms with Crippen LogP contribution in [0, 0.1) is 13.8 Å². The molecule has 1 aliphatic heterocycles. The van der Waals surface area contributed by atoms with Gasteiger partial charge in [-0.15, -0.1) is 0 Å². The van der Waals surface area contributed by atoms with Gasteiger partial charge in [-0.1, -0.05) is 24.3 Å². The van der Waals surface area contributed by atoms with Crippen molar-refractivity contribution >= 4 is 5.69 Å². The Morgan fingerprint density at radius 3 is 2.11 bits per heavy atom. The number of hydrogen-bond acceptors (Lipinski definition) is 5. The third-order valence-corrected chi connectivity index (χ3v) is 5.61. The summed E-state index contributed by atoms with van der Waals surface area (Å²) >= 11 is 0. The molecule has 0 saturated carbocycles. The highest BCUT2D eigenvalue weighted by molar-refractivity contribution is 5.56. The molecule has 0 amide bonds. The molecule has 2 aromatic rings. The molecule has 27 heavy (non-hydrogen) atoms. The van der Waals surface area contributed by atoms with Gasteiger partial charge in [-0.05, 0) is 43.2 Å². The first-order chi connectivity index (χ1) is 13.1. The lowest BCUT2D eigenvalue weighted by Crippen LogP contribution is -2.57. The molecule has 146 valence electrons. The maximum Gasteiger partial charge on any atom is 0.261 e. The summed E-state index contributed by atoms with van der Waals surface area (Å²) in [4.78, 5) is 4.68. The van der Waals surface area contributed by atoms with Gasteiger partial charge in [0.2, 0.25) is 0 Å². The van der Waals surface area contributed by atoms with E-state index in [0.717, 1.165) is 37.5 Å². The van der Waals surface area contributed by atoms with Crippen LogP contribution in [0.15, 0.2) is 42.5 Å². The van der Waals surface area contributed by atoms with Gasteiger partial charge in [0.05, 0.1) is 12.7 Å². The third kappa shape index (κ3) is 3.55. The minimum atomic E-state index is -0.958. The van der Waals surface area contributed by atoms with Gasteiger partial charge >= 0.3 is 0 Å². The van der Waals surface area contributed by atoms with E-state index in [-0.39, 0.29) is 0 Å². The summed E-state index contributed by atoms with van der Waals surface area (Å²) in [5.74, 6) is -0.196. The molecular formula is C22H30N2O3. The first-order valence-electron chi connectivity index (χ1n) is 9.37. The molecule has 0 unspecified atom stereocenters. The van der Waals surface area contributed by atoms with Crippen molar-refractivity contribution in [3.8, 4) is 5.75 Å². The van der Waals surface area contributed by atoms with Crippen LogP contribution in [0.2, 0.25) is 0 Å². The summed E-state index contributed by atoms with van der Waals surface area (Å²) in [6, 6.07) is 14.4. The van der Waals surface area contributed by atoms with Gasteiger partial charge in [0.1, 0.15) is 5.75 Å². The molecule has 5 heteroatoms. The monoisotopic (exact) mass is 370 g/mol. The van der Waals surface area contributed by atoms with Crippen molar-refractivity contribution in [1.29, 1.82) is 0 Å². The molecule has 1 fully saturated rings. The van der Waals surface area contributed by atoms with Gasteiger partial charge in [-0.2, -0.15) is 0 Å². The minimum absolute atomic E-state index is 0.762. The number of ether oxygens (including phenoxy) is 3. The summed E-state index contributed by atoms with van der Waals surface area (Å²) in [6.45, 7) is 7.83. The second-order valence-electron chi connectivity index (χ2n) is 6.88. The molecule has 0 spiro atoms. The fraction of sp³-hybridized carbons (Fsp3) is 0.455. The van der Waals surface area contributed by atoms with Crippen LogP contribution in [-0.2, 0) is 15.4 Å². The van der Waals surface area contributed by atoms with Crippen LogP contribution >= 0.6 is 0 Å². The second-order valence-corrected chi connectivity index (χ2v) is 6.88. The van der Waals surface area contributed by atoms with E-state index >= 15 is 0 Å². The molecule has 3 rings (SSSR count). The second kappa shape index (κ2) is 8.30. The lowest BCUT2D eigenvalue weighted by molar-refractivity contribution is -0.308. The number of aryl methyl sites for hydroxylation is 1. The van der Waals surface area contributed by atoms with Crippen molar-refractivity contribution in [3.05, 3.63) is 59.2 Å². The van der Waals surface area contributed by atoms with Crippen LogP contribution in [0.25, 0.3) is 0 Å². The maximum atomic E-state index is 5.94. The highest BCUT2D eigenvalue weighted by atomic mass is 16.7. The van der Waals surface area contributed by atoms with Gasteiger partial charge in [-0.25, -0.2) is 4.90 Å². The zero-order valence-corrected chi connectivity index (χ0v) is 17.0. The fourth-order valence-electron chi connectivity index (χ4n) is 3.96. The average molecular weight is 370 g/mol. The lowest BCUT2D eigenvalue weighted by atomic mass is 10.1. The smallest absolute Gasteiger partial charge is 0.261 e. The van der Waals surface area contributed by atoms with E-state index in [4.69, 9.17) is 14.2 Å². The Morgan fingerprint density at radius 1 is 0.815 bits per heavy atom. The number of anilines is 1. The highest BCUT2D eigenvalue weighted by Crippen LogP contribution is 2.37. The van der Waals surface area contributed by atoms with E-state index in [1.54, 1.807) is 21.3 Å². The van der Waals surface area contributed by atoms with E-state index < -0.39 is 5.91 Å². The van der Waals surface area contributed by atoms with E-state index in [2.05, 4.69) is 41.8 Å². The Hall–Kier alpha value is -2.08. The Balaban J connectivity index is 1.85. The summed E-state index contributed by atoms with van der Waals surface area (Å²) in [7, 11) is 5.05. The number of piperazine rings is 1. The predicted octanol–water partition coefficient (Wildman–Crippen LogP) is 3.54. The Bertz CT molecular complexity index is 766. The number of nitrogens with zero attached hydrogens (tertiary/aromatic N) is 2. The number of methoxy groups -OCH3 is 3. The summed E-state index contributed by atoms with van der Waals surface area (Å²) < 4.78 is 17.5. The number of para-hydroxylation sites is 1. The quantitative estimate of drug-likeness (QED) is 0.727. The lowest BCUT2D eigenvalue weighted by Gasteiger charge is -2.46. The Labute approximate surface area is 162 Å². The van der Waals surface area contributed by atoms with Crippen molar-refractivity contribution in [2.24, 2.45) is 0 Å². The van der Waals surface area contributed by atoms with Crippen LogP contribution in [0.1, 0.15) is 16.7 Å². The van der Waals surface area contributed by atoms with Crippen molar-refractivity contribution in [2.45, 2.75) is 19.8 Å². The largest absolute Gasteiger partial charge is 0.496 e. The van der Waals surface area contributed by atoms with Crippen LogP contribution in [-0.4, -0.2) is 52.4 Å². The third-order valence-electron chi connectivity index (χ3n) is 5.61. The normalized spacial score (nSPS) is 15.8. The highest BCUT2D eigenvalue weighted by Gasteiger charge is 2.43. The minimum Gasteiger partial charge on any atom is -0.496 e. The zero-order chi connectivity index (χ0) is 19.4. The van der Waals surface area contributed by atoms with Gasteiger partial charge in [0.15, 0.2) is 0 Å². The van der Waals surface area contributed by atoms with Crippen molar-refractivity contribution < 1.29 is 14.2 Å². The fourth-order valence-corrected chi connectivity index (χ4v) is 3.96. The van der Waals surface area contributed by atoms with E-state index in [0.29, 0.717) is 0 Å². The zero-order valence-electron chi connectivity index (χ0n) is 17.0. The summed E-state index contributed by atoms with van der Waals surface area (Å²) in [5, 5.41) is 0. The molecule has 0 bridgehead atoms. The van der Waals surface area contributed by atoms with E-state index in [1.165, 1.54) is 16.8 Å². The Kier molecular flexibility index (Phi) is 6.05. The summed E-state index contributed by atoms with van der Waals surface area (Å²) in [6.07, 6.45) is 0. The molecule has 1 heterocycles. The molecule has 0 aromatic heterocycles. The van der Waals surface area contributed by atoms with Gasteiger partial charge in [0, 0.05) is 46.1 Å². The van der Waals surface area contributed by atoms with Gasteiger partial charge < -0.3 is 19.1 Å². The molecule has 0 atom stereocenters. The van der Waals surface area contributed by atoms with E-state index in [9.17, 15) is 0 Å². The average Bonchev–Trinajstić information content (AvgIpc) is 2.72. The van der Waals surface area contributed by atoms with E-state index in [1.807, 2.05) is 24.3 Å². The number of hydrogen-bond donors (Lipinski definition) is 0. The SMILES string of the molecule is COc1ccccc1C(OC)(OC)N1CCN(c2cccc(C)c2C)CC1. The first kappa shape index (κ1) is 19.7. The topological polar surface area (TPSA) is 34.2 Å². The Morgan fingerprint density at radius 2 is 1.48 bits per heavy atom. The maximum absolute atomic E-state index is 5.94. The predicted molar refractivity (Wildman–Crippen MR) is 108 cm³/mol. The standard InChI is InChI=1S/C22H30N2O3/c1-17-9-8-11-20(18(17)2)23-13-15-24(16-14-23)22(26-4,27-5)19-10-6-7-12-21(19)25-3/h6-12H,13-16H2,1-5H3. The van der Waals surface area contributed by atoms with Crippen molar-refractivity contribution in [3.63, 3.8) is 0 Å². The molecular weight excluding hydrogens is 340 g/mol. The molecule has 1 aliphatic rings. The molecule has 0 radical (unpaired) electrons. The van der Waals surface area contributed by atoms with Crippen LogP contribution in [0.4, 0.5) is 5.69 Å². The summed E-state index contributed by atoms with van der Waals surface area (Å²) in [5.41, 5.74) is 4.87. The van der Waals surface area contributed by atoms with Crippen LogP contribution in [0.3, 0.4) is 0 Å². The first-order valence-corrected chi connectivity index (χ1v) is 9.37. The molecule has 5 nitrogen and oxygen atoms in total. The molecule has 0 aliphatic carbocycles. The molecule has 0 N–H and O–H groups in total. The van der Waals surface area contributed by atoms with Crippen molar-refractivity contribution in [2.75, 3.05) is 52.4 Å².